The number of carbonyl (C=O) groups excluding carboxylic acids is 1. The molecule has 2 aliphatic carbocycles. The van der Waals surface area contributed by atoms with Crippen LogP contribution in [0.15, 0.2) is 60.2 Å². The molecule has 3 fully saturated rings. The van der Waals surface area contributed by atoms with Crippen molar-refractivity contribution in [3.8, 4) is 5.75 Å². The van der Waals surface area contributed by atoms with E-state index in [9.17, 15) is 23.1 Å². The SMILES string of the molecule is COC12CCCCC1(c1cccc(O)c1)CC(NC(=O)C(=Cc1ccccc1)C(F)(F)F)NC2CC1CC1. The number of ether oxygens (including phenoxy) is 1. The summed E-state index contributed by atoms with van der Waals surface area (Å²) in [6.45, 7) is 0. The average molecular weight is 529 g/mol. The number of alkyl halides is 3. The summed E-state index contributed by atoms with van der Waals surface area (Å²) in [6, 6.07) is 15.0. The van der Waals surface area contributed by atoms with Crippen molar-refractivity contribution in [2.45, 2.75) is 80.8 Å². The highest BCUT2D eigenvalue weighted by Crippen LogP contribution is 2.57. The van der Waals surface area contributed by atoms with Crippen molar-refractivity contribution in [3.05, 3.63) is 71.3 Å². The smallest absolute Gasteiger partial charge is 0.421 e. The fraction of sp³-hybridized carbons (Fsp3) is 0.500. The third-order valence-electron chi connectivity index (χ3n) is 8.72. The van der Waals surface area contributed by atoms with Crippen LogP contribution < -0.4 is 10.6 Å². The van der Waals surface area contributed by atoms with Crippen LogP contribution in [0.25, 0.3) is 6.08 Å². The Balaban J connectivity index is 1.52. The minimum Gasteiger partial charge on any atom is -0.508 e. The largest absolute Gasteiger partial charge is 0.508 e. The summed E-state index contributed by atoms with van der Waals surface area (Å²) in [7, 11) is 1.72. The maximum absolute atomic E-state index is 14.0. The average Bonchev–Trinajstić information content (AvgIpc) is 3.71. The van der Waals surface area contributed by atoms with Crippen LogP contribution in [-0.2, 0) is 14.9 Å². The van der Waals surface area contributed by atoms with Crippen molar-refractivity contribution in [2.24, 2.45) is 5.92 Å². The van der Waals surface area contributed by atoms with Crippen LogP contribution in [0.4, 0.5) is 13.2 Å². The van der Waals surface area contributed by atoms with Gasteiger partial charge in [-0.15, -0.1) is 0 Å². The van der Waals surface area contributed by atoms with Crippen LogP contribution in [0, 0.1) is 5.92 Å². The standard InChI is InChI=1S/C30H35F3N2O3/c1-38-29-15-6-5-14-28(29,22-10-7-11-23(36)18-22)19-26(34-25(29)17-21-12-13-21)35-27(37)24(30(31,32)33)16-20-8-3-2-4-9-20/h2-4,7-11,16,18,21,25-26,34,36H,5-6,12-15,17,19H2,1H3,(H,35,37). The number of carbonyl (C=O) groups is 1. The van der Waals surface area contributed by atoms with Gasteiger partial charge in [0, 0.05) is 18.6 Å². The first-order valence-electron chi connectivity index (χ1n) is 13.4. The highest BCUT2D eigenvalue weighted by atomic mass is 19.4. The summed E-state index contributed by atoms with van der Waals surface area (Å²) in [6.07, 6.45) is 2.26. The first-order chi connectivity index (χ1) is 18.2. The molecule has 1 heterocycles. The van der Waals surface area contributed by atoms with Gasteiger partial charge in [-0.1, -0.05) is 68.1 Å². The van der Waals surface area contributed by atoms with Gasteiger partial charge in [0.15, 0.2) is 0 Å². The molecular formula is C30H35F3N2O3. The number of rotatable bonds is 7. The van der Waals surface area contributed by atoms with Gasteiger partial charge in [-0.2, -0.15) is 13.2 Å². The topological polar surface area (TPSA) is 70.6 Å². The van der Waals surface area contributed by atoms with E-state index in [0.717, 1.165) is 56.6 Å². The molecule has 1 amide bonds. The van der Waals surface area contributed by atoms with Crippen molar-refractivity contribution in [2.75, 3.05) is 7.11 Å². The number of methoxy groups -OCH3 is 1. The monoisotopic (exact) mass is 528 g/mol. The molecule has 3 aliphatic rings. The van der Waals surface area contributed by atoms with Crippen LogP contribution in [0.3, 0.4) is 0 Å². The van der Waals surface area contributed by atoms with Crippen LogP contribution in [0.2, 0.25) is 0 Å². The minimum absolute atomic E-state index is 0.135. The third kappa shape index (κ3) is 5.08. The number of aromatic hydroxyl groups is 1. The van der Waals surface area contributed by atoms with Crippen molar-refractivity contribution in [1.82, 2.24) is 10.6 Å². The zero-order chi connectivity index (χ0) is 27.0. The van der Waals surface area contributed by atoms with Gasteiger partial charge >= 0.3 is 6.18 Å². The second kappa shape index (κ2) is 10.4. The predicted octanol–water partition coefficient (Wildman–Crippen LogP) is 5.84. The molecule has 0 spiro atoms. The number of hydrogen-bond acceptors (Lipinski definition) is 4. The summed E-state index contributed by atoms with van der Waals surface area (Å²) in [5.74, 6) is -0.493. The van der Waals surface area contributed by atoms with Crippen LogP contribution in [-0.4, -0.2) is 42.1 Å². The predicted molar refractivity (Wildman–Crippen MR) is 139 cm³/mol. The Labute approximate surface area is 221 Å². The Morgan fingerprint density at radius 1 is 1.13 bits per heavy atom. The van der Waals surface area contributed by atoms with Gasteiger partial charge < -0.3 is 15.2 Å². The van der Waals surface area contributed by atoms with Gasteiger partial charge in [-0.3, -0.25) is 10.1 Å². The highest BCUT2D eigenvalue weighted by Gasteiger charge is 2.62. The Bertz CT molecular complexity index is 1180. The lowest BCUT2D eigenvalue weighted by molar-refractivity contribution is -0.158. The van der Waals surface area contributed by atoms with Crippen LogP contribution in [0.5, 0.6) is 5.75 Å². The van der Waals surface area contributed by atoms with E-state index in [-0.39, 0.29) is 11.8 Å². The molecule has 0 bridgehead atoms. The van der Waals surface area contributed by atoms with Gasteiger partial charge in [0.2, 0.25) is 0 Å². The second-order valence-electron chi connectivity index (χ2n) is 11.0. The zero-order valence-corrected chi connectivity index (χ0v) is 21.6. The highest BCUT2D eigenvalue weighted by molar-refractivity contribution is 5.99. The molecule has 5 nitrogen and oxygen atoms in total. The Morgan fingerprint density at radius 3 is 2.53 bits per heavy atom. The molecular weight excluding hydrogens is 493 g/mol. The molecule has 38 heavy (non-hydrogen) atoms. The zero-order valence-electron chi connectivity index (χ0n) is 21.6. The molecule has 5 rings (SSSR count). The summed E-state index contributed by atoms with van der Waals surface area (Å²) >= 11 is 0. The summed E-state index contributed by atoms with van der Waals surface area (Å²) in [4.78, 5) is 13.2. The van der Waals surface area contributed by atoms with Gasteiger partial charge in [0.05, 0.1) is 11.8 Å². The van der Waals surface area contributed by atoms with E-state index in [1.165, 1.54) is 12.1 Å². The molecule has 1 saturated heterocycles. The number of piperidine rings is 1. The summed E-state index contributed by atoms with van der Waals surface area (Å²) in [5, 5.41) is 16.6. The first kappa shape index (κ1) is 26.8. The maximum atomic E-state index is 14.0. The molecule has 3 N–H and O–H groups in total. The molecule has 0 radical (unpaired) electrons. The molecule has 4 atom stereocenters. The van der Waals surface area contributed by atoms with E-state index in [4.69, 9.17) is 4.74 Å². The fourth-order valence-corrected chi connectivity index (χ4v) is 6.85. The number of amides is 1. The lowest BCUT2D eigenvalue weighted by Gasteiger charge is -2.61. The summed E-state index contributed by atoms with van der Waals surface area (Å²) in [5.41, 5.74) is -1.21. The number of nitrogens with one attached hydrogen (secondary N) is 2. The summed E-state index contributed by atoms with van der Waals surface area (Å²) < 4.78 is 48.5. The Hall–Kier alpha value is -2.84. The maximum Gasteiger partial charge on any atom is 0.421 e. The second-order valence-corrected chi connectivity index (χ2v) is 11.0. The van der Waals surface area contributed by atoms with E-state index in [1.807, 2.05) is 6.07 Å². The minimum atomic E-state index is -4.81. The number of halogens is 3. The number of phenols is 1. The van der Waals surface area contributed by atoms with E-state index >= 15 is 0 Å². The number of benzene rings is 2. The van der Waals surface area contributed by atoms with Crippen LogP contribution in [0.1, 0.15) is 62.5 Å². The molecule has 2 aromatic rings. The first-order valence-corrected chi connectivity index (χ1v) is 13.4. The van der Waals surface area contributed by atoms with E-state index < -0.39 is 34.8 Å². The molecule has 4 unspecified atom stereocenters. The number of hydrogen-bond donors (Lipinski definition) is 3. The number of fused-ring (bicyclic) bond motifs is 1. The van der Waals surface area contributed by atoms with Crippen molar-refractivity contribution in [1.29, 1.82) is 0 Å². The lowest BCUT2D eigenvalue weighted by atomic mass is 9.53. The molecule has 204 valence electrons. The van der Waals surface area contributed by atoms with Gasteiger partial charge in [0.1, 0.15) is 11.3 Å². The van der Waals surface area contributed by atoms with Crippen molar-refractivity contribution in [3.63, 3.8) is 0 Å². The molecule has 2 saturated carbocycles. The molecule has 2 aromatic carbocycles. The van der Waals surface area contributed by atoms with E-state index in [0.29, 0.717) is 17.9 Å². The van der Waals surface area contributed by atoms with Gasteiger partial charge in [-0.05, 0) is 60.9 Å². The fourth-order valence-electron chi connectivity index (χ4n) is 6.85. The molecule has 8 heteroatoms. The van der Waals surface area contributed by atoms with Crippen LogP contribution >= 0.6 is 0 Å². The normalized spacial score (nSPS) is 29.9. The number of phenolic OH excluding ortho intramolecular Hbond substituents is 1. The lowest BCUT2D eigenvalue weighted by Crippen LogP contribution is -2.74. The van der Waals surface area contributed by atoms with Crippen molar-refractivity contribution < 1.29 is 27.8 Å². The third-order valence-corrected chi connectivity index (χ3v) is 8.72. The van der Waals surface area contributed by atoms with E-state index in [2.05, 4.69) is 10.6 Å². The molecule has 0 aromatic heterocycles. The van der Waals surface area contributed by atoms with Gasteiger partial charge in [0.25, 0.3) is 5.91 Å². The quantitative estimate of drug-likeness (QED) is 0.395. The van der Waals surface area contributed by atoms with Gasteiger partial charge in [-0.25, -0.2) is 0 Å². The van der Waals surface area contributed by atoms with Crippen molar-refractivity contribution >= 4 is 12.0 Å². The molecule has 1 aliphatic heterocycles. The Morgan fingerprint density at radius 2 is 1.87 bits per heavy atom. The Kier molecular flexibility index (Phi) is 7.31. The van der Waals surface area contributed by atoms with E-state index in [1.54, 1.807) is 43.5 Å².